The van der Waals surface area contributed by atoms with E-state index in [1.165, 1.54) is 12.8 Å². The summed E-state index contributed by atoms with van der Waals surface area (Å²) < 4.78 is 3.95. The summed E-state index contributed by atoms with van der Waals surface area (Å²) in [6.45, 7) is 4.99. The molecule has 0 amide bonds. The van der Waals surface area contributed by atoms with Crippen LogP contribution in [0.5, 0.6) is 0 Å². The zero-order valence-electron chi connectivity index (χ0n) is 11.1. The van der Waals surface area contributed by atoms with E-state index in [-0.39, 0.29) is 0 Å². The Morgan fingerprint density at radius 2 is 2.17 bits per heavy atom. The average molecular weight is 245 g/mol. The Hall–Kier alpha value is -1.78. The molecule has 5 nitrogen and oxygen atoms in total. The van der Waals surface area contributed by atoms with Gasteiger partial charge in [-0.2, -0.15) is 5.10 Å². The Kier molecular flexibility index (Phi) is 2.43. The molecular weight excluding hydrogens is 226 g/mol. The van der Waals surface area contributed by atoms with Crippen molar-refractivity contribution >= 4 is 5.82 Å². The first kappa shape index (κ1) is 11.3. The van der Waals surface area contributed by atoms with Crippen LogP contribution < -0.4 is 5.73 Å². The van der Waals surface area contributed by atoms with Gasteiger partial charge in [-0.3, -0.25) is 4.68 Å². The topological polar surface area (TPSA) is 61.7 Å². The lowest BCUT2D eigenvalue weighted by atomic mass is 10.2. The molecule has 0 aliphatic heterocycles. The highest BCUT2D eigenvalue weighted by Gasteiger charge is 2.31. The molecule has 0 unspecified atom stereocenters. The van der Waals surface area contributed by atoms with Gasteiger partial charge in [-0.1, -0.05) is 0 Å². The molecule has 0 radical (unpaired) electrons. The van der Waals surface area contributed by atoms with Crippen molar-refractivity contribution in [3.63, 3.8) is 0 Å². The number of aryl methyl sites for hydroxylation is 2. The van der Waals surface area contributed by atoms with E-state index < -0.39 is 0 Å². The van der Waals surface area contributed by atoms with Crippen molar-refractivity contribution in [3.05, 3.63) is 17.7 Å². The smallest absolute Gasteiger partial charge is 0.131 e. The normalized spacial score (nSPS) is 15.3. The van der Waals surface area contributed by atoms with Crippen molar-refractivity contribution in [1.82, 2.24) is 19.3 Å². The van der Waals surface area contributed by atoms with Crippen LogP contribution in [0.3, 0.4) is 0 Å². The van der Waals surface area contributed by atoms with E-state index in [0.717, 1.165) is 35.1 Å². The standard InChI is InChI=1S/C13H19N5/c1-4-18-12(14)11(15-13(18)9-5-6-9)10-7-17(3)16-8(10)2/h7,9H,4-6,14H2,1-3H3. The fourth-order valence-electron chi connectivity index (χ4n) is 2.50. The Balaban J connectivity index is 2.14. The van der Waals surface area contributed by atoms with E-state index in [4.69, 9.17) is 10.7 Å². The van der Waals surface area contributed by atoms with E-state index in [0.29, 0.717) is 5.92 Å². The summed E-state index contributed by atoms with van der Waals surface area (Å²) in [6, 6.07) is 0. The lowest BCUT2D eigenvalue weighted by Gasteiger charge is -2.04. The van der Waals surface area contributed by atoms with E-state index >= 15 is 0 Å². The van der Waals surface area contributed by atoms with Crippen molar-refractivity contribution in [2.45, 2.75) is 39.2 Å². The number of anilines is 1. The molecule has 0 atom stereocenters. The van der Waals surface area contributed by atoms with E-state index in [9.17, 15) is 0 Å². The lowest BCUT2D eigenvalue weighted by Crippen LogP contribution is -2.04. The molecule has 1 aliphatic carbocycles. The van der Waals surface area contributed by atoms with E-state index in [1.54, 1.807) is 0 Å². The second-order valence-corrected chi connectivity index (χ2v) is 5.02. The number of nitrogens with zero attached hydrogens (tertiary/aromatic N) is 4. The minimum atomic E-state index is 0.609. The van der Waals surface area contributed by atoms with Gasteiger partial charge in [-0.25, -0.2) is 4.98 Å². The van der Waals surface area contributed by atoms with Gasteiger partial charge in [-0.15, -0.1) is 0 Å². The molecule has 1 aliphatic rings. The van der Waals surface area contributed by atoms with Gasteiger partial charge in [-0.05, 0) is 26.7 Å². The predicted octanol–water partition coefficient (Wildman–Crippen LogP) is 2.07. The van der Waals surface area contributed by atoms with Crippen molar-refractivity contribution in [1.29, 1.82) is 0 Å². The van der Waals surface area contributed by atoms with Crippen molar-refractivity contribution < 1.29 is 0 Å². The van der Waals surface area contributed by atoms with Crippen LogP contribution >= 0.6 is 0 Å². The Morgan fingerprint density at radius 1 is 1.44 bits per heavy atom. The van der Waals surface area contributed by atoms with Crippen molar-refractivity contribution in [3.8, 4) is 11.3 Å². The number of hydrogen-bond donors (Lipinski definition) is 1. The van der Waals surface area contributed by atoms with Gasteiger partial charge in [0.2, 0.25) is 0 Å². The van der Waals surface area contributed by atoms with Crippen LogP contribution in [-0.2, 0) is 13.6 Å². The van der Waals surface area contributed by atoms with Gasteiger partial charge in [0, 0.05) is 31.3 Å². The highest BCUT2D eigenvalue weighted by atomic mass is 15.3. The number of rotatable bonds is 3. The molecule has 0 bridgehead atoms. The molecule has 18 heavy (non-hydrogen) atoms. The number of imidazole rings is 1. The van der Waals surface area contributed by atoms with Crippen LogP contribution in [0.15, 0.2) is 6.20 Å². The zero-order valence-corrected chi connectivity index (χ0v) is 11.1. The summed E-state index contributed by atoms with van der Waals surface area (Å²) in [4.78, 5) is 4.77. The molecule has 5 heteroatoms. The molecule has 2 aromatic heterocycles. The Bertz CT molecular complexity index is 589. The quantitative estimate of drug-likeness (QED) is 0.900. The maximum absolute atomic E-state index is 6.25. The van der Waals surface area contributed by atoms with Crippen LogP contribution in [-0.4, -0.2) is 19.3 Å². The number of aromatic nitrogens is 4. The monoisotopic (exact) mass is 245 g/mol. The molecule has 0 spiro atoms. The summed E-state index contributed by atoms with van der Waals surface area (Å²) in [7, 11) is 1.92. The molecule has 0 aromatic carbocycles. The first-order chi connectivity index (χ1) is 8.61. The van der Waals surface area contributed by atoms with Gasteiger partial charge in [0.25, 0.3) is 0 Å². The van der Waals surface area contributed by atoms with Crippen LogP contribution in [0.25, 0.3) is 11.3 Å². The third-order valence-electron chi connectivity index (χ3n) is 3.56. The molecule has 96 valence electrons. The largest absolute Gasteiger partial charge is 0.383 e. The van der Waals surface area contributed by atoms with E-state index in [2.05, 4.69) is 16.6 Å². The number of hydrogen-bond acceptors (Lipinski definition) is 3. The Labute approximate surface area is 107 Å². The van der Waals surface area contributed by atoms with Crippen molar-refractivity contribution in [2.75, 3.05) is 5.73 Å². The maximum atomic E-state index is 6.25. The molecule has 1 fully saturated rings. The summed E-state index contributed by atoms with van der Waals surface area (Å²) in [6.07, 6.45) is 4.47. The van der Waals surface area contributed by atoms with E-state index in [1.807, 2.05) is 24.9 Å². The average Bonchev–Trinajstić information content (AvgIpc) is 3.04. The van der Waals surface area contributed by atoms with Gasteiger partial charge in [0.05, 0.1) is 5.69 Å². The van der Waals surface area contributed by atoms with Gasteiger partial charge >= 0.3 is 0 Å². The highest BCUT2D eigenvalue weighted by molar-refractivity contribution is 5.72. The molecular formula is C13H19N5. The Morgan fingerprint density at radius 3 is 2.67 bits per heavy atom. The second-order valence-electron chi connectivity index (χ2n) is 5.02. The van der Waals surface area contributed by atoms with Crippen LogP contribution in [0.4, 0.5) is 5.82 Å². The summed E-state index contributed by atoms with van der Waals surface area (Å²) in [5.41, 5.74) is 9.17. The first-order valence-electron chi connectivity index (χ1n) is 6.48. The predicted molar refractivity (Wildman–Crippen MR) is 71.2 cm³/mol. The van der Waals surface area contributed by atoms with Gasteiger partial charge in [0.1, 0.15) is 17.3 Å². The zero-order chi connectivity index (χ0) is 12.9. The molecule has 2 aromatic rings. The van der Waals surface area contributed by atoms with Crippen LogP contribution in [0, 0.1) is 6.92 Å². The SMILES string of the molecule is CCn1c(C2CC2)nc(-c2cn(C)nc2C)c1N. The van der Waals surface area contributed by atoms with Crippen LogP contribution in [0.1, 0.15) is 37.2 Å². The van der Waals surface area contributed by atoms with Gasteiger partial charge < -0.3 is 10.3 Å². The number of nitrogens with two attached hydrogens (primary N) is 1. The molecule has 2 N–H and O–H groups in total. The second kappa shape index (κ2) is 3.86. The molecule has 1 saturated carbocycles. The highest BCUT2D eigenvalue weighted by Crippen LogP contribution is 2.42. The first-order valence-corrected chi connectivity index (χ1v) is 6.48. The lowest BCUT2D eigenvalue weighted by molar-refractivity contribution is 0.708. The molecule has 3 rings (SSSR count). The summed E-state index contributed by atoms with van der Waals surface area (Å²) in [5.74, 6) is 2.53. The summed E-state index contributed by atoms with van der Waals surface area (Å²) >= 11 is 0. The van der Waals surface area contributed by atoms with Gasteiger partial charge in [0.15, 0.2) is 0 Å². The minimum Gasteiger partial charge on any atom is -0.383 e. The van der Waals surface area contributed by atoms with Crippen molar-refractivity contribution in [2.24, 2.45) is 7.05 Å². The molecule has 2 heterocycles. The maximum Gasteiger partial charge on any atom is 0.131 e. The third-order valence-corrected chi connectivity index (χ3v) is 3.56. The number of nitrogen functional groups attached to an aromatic ring is 1. The molecule has 0 saturated heterocycles. The third kappa shape index (κ3) is 1.62. The van der Waals surface area contributed by atoms with Crippen LogP contribution in [0.2, 0.25) is 0 Å². The fraction of sp³-hybridized carbons (Fsp3) is 0.538. The minimum absolute atomic E-state index is 0.609. The summed E-state index contributed by atoms with van der Waals surface area (Å²) in [5, 5.41) is 4.37. The fourth-order valence-corrected chi connectivity index (χ4v) is 2.50.